The van der Waals surface area contributed by atoms with Gasteiger partial charge in [-0.25, -0.2) is 5.11 Å². The highest BCUT2D eigenvalue weighted by Gasteiger charge is 1.69. The van der Waals surface area contributed by atoms with Crippen LogP contribution in [-0.2, 0) is 5.11 Å². The van der Waals surface area contributed by atoms with Crippen LogP contribution in [0.4, 0.5) is 0 Å². The van der Waals surface area contributed by atoms with E-state index in [1.165, 1.54) is 0 Å². The number of hydrogen-bond donors (Lipinski definition) is 0. The van der Waals surface area contributed by atoms with Crippen LogP contribution < -0.4 is 0 Å². The van der Waals surface area contributed by atoms with Gasteiger partial charge in [-0.15, -0.1) is 11.8 Å². The van der Waals surface area contributed by atoms with Gasteiger partial charge in [-0.05, 0) is 0 Å². The Morgan fingerprint density at radius 2 is 2.14 bits per heavy atom. The van der Waals surface area contributed by atoms with Crippen LogP contribution in [0.1, 0.15) is 19.8 Å². The van der Waals surface area contributed by atoms with Crippen LogP contribution in [0, 0.1) is 11.8 Å². The molecule has 0 spiro atoms. The van der Waals surface area contributed by atoms with Gasteiger partial charge in [0.1, 0.15) is 0 Å². The van der Waals surface area contributed by atoms with Gasteiger partial charge >= 0.3 is 0 Å². The molecule has 39 valence electrons. The fourth-order valence-electron chi connectivity index (χ4n) is 0.264. The second-order valence-electron chi connectivity index (χ2n) is 1.16. The Kier molecular flexibility index (Phi) is 5.14. The monoisotopic (exact) mass is 97.1 g/mol. The molecule has 0 aromatic carbocycles. The zero-order chi connectivity index (χ0) is 5.54. The Balaban J connectivity index is 2.91. The first-order valence-corrected chi connectivity index (χ1v) is 2.45. The van der Waals surface area contributed by atoms with Crippen molar-refractivity contribution in [3.8, 4) is 11.8 Å². The van der Waals surface area contributed by atoms with Crippen molar-refractivity contribution in [1.82, 2.24) is 0 Å². The molecule has 1 radical (unpaired) electrons. The van der Waals surface area contributed by atoms with Crippen molar-refractivity contribution in [3.63, 3.8) is 0 Å². The summed E-state index contributed by atoms with van der Waals surface area (Å²) < 4.78 is 0. The number of hydrogen-bond acceptors (Lipinski definition) is 0. The van der Waals surface area contributed by atoms with Crippen LogP contribution in [0.25, 0.3) is 0 Å². The van der Waals surface area contributed by atoms with Gasteiger partial charge in [0.15, 0.2) is 0 Å². The minimum Gasteiger partial charge on any atom is -0.236 e. The predicted molar refractivity (Wildman–Crippen MR) is 28.2 cm³/mol. The first-order chi connectivity index (χ1) is 3.41. The average molecular weight is 97.1 g/mol. The summed E-state index contributed by atoms with van der Waals surface area (Å²) in [6.45, 7) is 1.91. The second kappa shape index (κ2) is 5.52. The van der Waals surface area contributed by atoms with Crippen molar-refractivity contribution < 1.29 is 5.11 Å². The van der Waals surface area contributed by atoms with E-state index < -0.39 is 0 Å². The van der Waals surface area contributed by atoms with E-state index in [0.29, 0.717) is 6.42 Å². The average Bonchev–Trinajstić information content (AvgIpc) is 1.69. The first kappa shape index (κ1) is 6.52. The molecule has 7 heavy (non-hydrogen) atoms. The Hall–Kier alpha value is -0.480. The molecule has 0 aliphatic heterocycles. The van der Waals surface area contributed by atoms with Gasteiger partial charge < -0.3 is 0 Å². The van der Waals surface area contributed by atoms with Crippen LogP contribution in [0.5, 0.6) is 0 Å². The first-order valence-electron chi connectivity index (χ1n) is 2.45. The van der Waals surface area contributed by atoms with Gasteiger partial charge in [-0.1, -0.05) is 6.92 Å². The molecule has 0 aromatic heterocycles. The molecule has 0 aliphatic carbocycles. The Bertz CT molecular complexity index is 75.9. The standard InChI is InChI=1S/C6H9O/c1-2-3-4-5-6-7/h2,5-6H2,1H3. The van der Waals surface area contributed by atoms with E-state index in [1.807, 2.05) is 6.92 Å². The molecule has 0 amide bonds. The normalized spacial score (nSPS) is 7.14. The largest absolute Gasteiger partial charge is 0.236 e. The van der Waals surface area contributed by atoms with Gasteiger partial charge in [0.2, 0.25) is 0 Å². The molecule has 0 N–H and O–H groups in total. The Labute approximate surface area is 44.4 Å². The minimum absolute atomic E-state index is 0.0625. The quantitative estimate of drug-likeness (QED) is 0.438. The summed E-state index contributed by atoms with van der Waals surface area (Å²) in [4.78, 5) is 0. The van der Waals surface area contributed by atoms with E-state index >= 15 is 0 Å². The SMILES string of the molecule is CCC#CCC[O]. The van der Waals surface area contributed by atoms with Crippen LogP contribution in [-0.4, -0.2) is 6.61 Å². The van der Waals surface area contributed by atoms with Gasteiger partial charge in [-0.2, -0.15) is 0 Å². The summed E-state index contributed by atoms with van der Waals surface area (Å²) in [5.74, 6) is 5.52. The lowest BCUT2D eigenvalue weighted by Crippen LogP contribution is -1.71. The molecule has 1 nitrogen and oxygen atoms in total. The lowest BCUT2D eigenvalue weighted by atomic mass is 10.4. The fraction of sp³-hybridized carbons (Fsp3) is 0.667. The minimum atomic E-state index is -0.0625. The molecule has 1 heteroatoms. The summed E-state index contributed by atoms with van der Waals surface area (Å²) in [5.41, 5.74) is 0. The van der Waals surface area contributed by atoms with E-state index in [-0.39, 0.29) is 6.61 Å². The van der Waals surface area contributed by atoms with Crippen molar-refractivity contribution in [2.24, 2.45) is 0 Å². The molecule has 0 rings (SSSR count). The third-order valence-electron chi connectivity index (χ3n) is 0.529. The van der Waals surface area contributed by atoms with Crippen LogP contribution in [0.3, 0.4) is 0 Å². The van der Waals surface area contributed by atoms with Gasteiger partial charge in [0.25, 0.3) is 0 Å². The lowest BCUT2D eigenvalue weighted by molar-refractivity contribution is 0.201. The summed E-state index contributed by atoms with van der Waals surface area (Å²) in [6.07, 6.45) is 1.37. The fourth-order valence-corrected chi connectivity index (χ4v) is 0.264. The summed E-state index contributed by atoms with van der Waals surface area (Å²) in [5, 5.41) is 9.70. The van der Waals surface area contributed by atoms with E-state index in [2.05, 4.69) is 11.8 Å². The third kappa shape index (κ3) is 5.52. The molecule has 0 aliphatic rings. The molecule has 0 saturated carbocycles. The summed E-state index contributed by atoms with van der Waals surface area (Å²) >= 11 is 0. The van der Waals surface area contributed by atoms with Crippen molar-refractivity contribution in [1.29, 1.82) is 0 Å². The maximum atomic E-state index is 9.70. The molecule has 0 unspecified atom stereocenters. The highest BCUT2D eigenvalue weighted by molar-refractivity contribution is 4.97. The predicted octanol–water partition coefficient (Wildman–Crippen LogP) is 1.22. The Morgan fingerprint density at radius 3 is 2.57 bits per heavy atom. The smallest absolute Gasteiger partial charge is 0.0931 e. The molecule has 0 heterocycles. The molecule has 0 bridgehead atoms. The topological polar surface area (TPSA) is 19.9 Å². The third-order valence-corrected chi connectivity index (χ3v) is 0.529. The molecule has 0 fully saturated rings. The second-order valence-corrected chi connectivity index (χ2v) is 1.16. The maximum absolute atomic E-state index is 9.70. The molecular weight excluding hydrogens is 88.1 g/mol. The van der Waals surface area contributed by atoms with Gasteiger partial charge in [0, 0.05) is 12.8 Å². The van der Waals surface area contributed by atoms with E-state index in [9.17, 15) is 5.11 Å². The zero-order valence-corrected chi connectivity index (χ0v) is 4.53. The molecule has 0 aromatic rings. The molecule has 0 saturated heterocycles. The van der Waals surface area contributed by atoms with Crippen molar-refractivity contribution in [2.45, 2.75) is 19.8 Å². The highest BCUT2D eigenvalue weighted by Crippen LogP contribution is 1.72. The van der Waals surface area contributed by atoms with Crippen molar-refractivity contribution in [3.05, 3.63) is 0 Å². The van der Waals surface area contributed by atoms with E-state index in [1.54, 1.807) is 0 Å². The van der Waals surface area contributed by atoms with Crippen LogP contribution in [0.15, 0.2) is 0 Å². The van der Waals surface area contributed by atoms with Gasteiger partial charge in [-0.3, -0.25) is 0 Å². The zero-order valence-electron chi connectivity index (χ0n) is 4.53. The van der Waals surface area contributed by atoms with Crippen LogP contribution in [0.2, 0.25) is 0 Å². The van der Waals surface area contributed by atoms with Gasteiger partial charge in [0.05, 0.1) is 6.61 Å². The molecule has 0 atom stereocenters. The molecular formula is C6H9O. The van der Waals surface area contributed by atoms with Crippen LogP contribution >= 0.6 is 0 Å². The lowest BCUT2D eigenvalue weighted by Gasteiger charge is -1.71. The van der Waals surface area contributed by atoms with E-state index in [0.717, 1.165) is 6.42 Å². The maximum Gasteiger partial charge on any atom is 0.0931 e. The highest BCUT2D eigenvalue weighted by atomic mass is 16.2. The summed E-state index contributed by atoms with van der Waals surface area (Å²) in [7, 11) is 0. The summed E-state index contributed by atoms with van der Waals surface area (Å²) in [6, 6.07) is 0. The van der Waals surface area contributed by atoms with Crippen molar-refractivity contribution >= 4 is 0 Å². The van der Waals surface area contributed by atoms with E-state index in [4.69, 9.17) is 0 Å². The number of rotatable bonds is 1. The van der Waals surface area contributed by atoms with Crippen molar-refractivity contribution in [2.75, 3.05) is 6.61 Å². The Morgan fingerprint density at radius 1 is 1.43 bits per heavy atom.